The lowest BCUT2D eigenvalue weighted by Crippen LogP contribution is -2.31. The number of carbonyl (C=O) groups excluding carboxylic acids is 1. The smallest absolute Gasteiger partial charge is 0.266 e. The number of hydrogen-bond acceptors (Lipinski definition) is 3. The molecule has 1 aliphatic carbocycles. The van der Waals surface area contributed by atoms with Crippen molar-refractivity contribution in [2.45, 2.75) is 38.8 Å². The molecular formula is C17H19Cl2N3O2. The van der Waals surface area contributed by atoms with Crippen molar-refractivity contribution in [3.05, 3.63) is 40.5 Å². The van der Waals surface area contributed by atoms with Crippen LogP contribution in [-0.2, 0) is 4.79 Å². The summed E-state index contributed by atoms with van der Waals surface area (Å²) in [6.45, 7) is 3.79. The number of anilines is 1. The van der Waals surface area contributed by atoms with Crippen molar-refractivity contribution in [3.8, 4) is 5.75 Å². The number of aromatic nitrogens is 2. The fourth-order valence-corrected chi connectivity index (χ4v) is 3.01. The zero-order chi connectivity index (χ0) is 17.3. The summed E-state index contributed by atoms with van der Waals surface area (Å²) < 4.78 is 7.50. The number of rotatable bonds is 6. The van der Waals surface area contributed by atoms with Gasteiger partial charge in [-0.3, -0.25) is 4.79 Å². The van der Waals surface area contributed by atoms with Crippen molar-refractivity contribution in [1.29, 1.82) is 0 Å². The summed E-state index contributed by atoms with van der Waals surface area (Å²) in [5.41, 5.74) is 0. The van der Waals surface area contributed by atoms with Gasteiger partial charge in [-0.1, -0.05) is 23.2 Å². The second kappa shape index (κ2) is 7.03. The minimum Gasteiger partial charge on any atom is -0.479 e. The highest BCUT2D eigenvalue weighted by atomic mass is 35.5. The third-order valence-electron chi connectivity index (χ3n) is 4.18. The minimum atomic E-state index is -0.705. The Bertz CT molecular complexity index is 743. The molecule has 1 saturated carbocycles. The van der Waals surface area contributed by atoms with Gasteiger partial charge >= 0.3 is 0 Å². The molecule has 0 saturated heterocycles. The van der Waals surface area contributed by atoms with Crippen molar-refractivity contribution in [1.82, 2.24) is 9.78 Å². The van der Waals surface area contributed by atoms with Crippen LogP contribution in [0.2, 0.25) is 10.0 Å². The molecule has 2 unspecified atom stereocenters. The summed E-state index contributed by atoms with van der Waals surface area (Å²) in [5, 5.41) is 8.08. The van der Waals surface area contributed by atoms with Crippen LogP contribution in [0.25, 0.3) is 0 Å². The van der Waals surface area contributed by atoms with Crippen molar-refractivity contribution < 1.29 is 9.53 Å². The molecule has 24 heavy (non-hydrogen) atoms. The molecule has 1 N–H and O–H groups in total. The highest BCUT2D eigenvalue weighted by molar-refractivity contribution is 6.35. The molecule has 1 aromatic heterocycles. The fourth-order valence-electron chi connectivity index (χ4n) is 2.56. The number of nitrogens with one attached hydrogen (secondary N) is 1. The van der Waals surface area contributed by atoms with E-state index < -0.39 is 6.10 Å². The molecular weight excluding hydrogens is 349 g/mol. The maximum Gasteiger partial charge on any atom is 0.266 e. The number of halogens is 2. The summed E-state index contributed by atoms with van der Waals surface area (Å²) in [6, 6.07) is 6.96. The normalized spacial score (nSPS) is 16.5. The number of ether oxygens (including phenoxy) is 1. The van der Waals surface area contributed by atoms with Crippen LogP contribution in [-0.4, -0.2) is 21.8 Å². The predicted octanol–water partition coefficient (Wildman–Crippen LogP) is 4.57. The lowest BCUT2D eigenvalue weighted by Gasteiger charge is -2.18. The van der Waals surface area contributed by atoms with Gasteiger partial charge in [0.1, 0.15) is 11.6 Å². The molecule has 0 radical (unpaired) electrons. The first-order chi connectivity index (χ1) is 11.5. The Morgan fingerprint density at radius 2 is 2.08 bits per heavy atom. The molecule has 2 atom stereocenters. The van der Waals surface area contributed by atoms with Crippen LogP contribution >= 0.6 is 23.2 Å². The first kappa shape index (κ1) is 17.1. The molecule has 128 valence electrons. The number of amides is 1. The van der Waals surface area contributed by atoms with E-state index in [-0.39, 0.29) is 11.9 Å². The Kier molecular flexibility index (Phi) is 5.01. The molecule has 2 aromatic rings. The zero-order valence-electron chi connectivity index (χ0n) is 13.5. The Labute approximate surface area is 150 Å². The van der Waals surface area contributed by atoms with Gasteiger partial charge in [0.15, 0.2) is 6.10 Å². The van der Waals surface area contributed by atoms with Gasteiger partial charge in [-0.25, -0.2) is 4.68 Å². The van der Waals surface area contributed by atoms with E-state index in [0.29, 0.717) is 27.5 Å². The van der Waals surface area contributed by atoms with Crippen LogP contribution < -0.4 is 10.1 Å². The third-order valence-corrected chi connectivity index (χ3v) is 4.71. The summed E-state index contributed by atoms with van der Waals surface area (Å²) in [4.78, 5) is 12.4. The molecule has 3 rings (SSSR count). The molecule has 0 bridgehead atoms. The van der Waals surface area contributed by atoms with Crippen molar-refractivity contribution in [2.24, 2.45) is 5.92 Å². The maximum atomic E-state index is 12.4. The molecule has 1 aliphatic rings. The van der Waals surface area contributed by atoms with E-state index in [4.69, 9.17) is 27.9 Å². The third kappa shape index (κ3) is 3.84. The van der Waals surface area contributed by atoms with Gasteiger partial charge < -0.3 is 10.1 Å². The standard InChI is InChI=1S/C17H19Cl2N3O2/c1-10(12-3-4-12)22-16(7-8-20-22)21-17(23)11(2)24-15-6-5-13(18)9-14(15)19/h5-12H,3-4H2,1-2H3,(H,21,23). The molecule has 1 amide bonds. The van der Waals surface area contributed by atoms with Crippen LogP contribution in [0.3, 0.4) is 0 Å². The summed E-state index contributed by atoms with van der Waals surface area (Å²) in [5.74, 6) is 1.48. The zero-order valence-corrected chi connectivity index (χ0v) is 15.0. The van der Waals surface area contributed by atoms with E-state index in [9.17, 15) is 4.79 Å². The largest absolute Gasteiger partial charge is 0.479 e. The summed E-state index contributed by atoms with van der Waals surface area (Å²) in [7, 11) is 0. The lowest BCUT2D eigenvalue weighted by molar-refractivity contribution is -0.122. The van der Waals surface area contributed by atoms with Gasteiger partial charge in [0.25, 0.3) is 5.91 Å². The quantitative estimate of drug-likeness (QED) is 0.813. The van der Waals surface area contributed by atoms with Crippen molar-refractivity contribution in [2.75, 3.05) is 5.32 Å². The second-order valence-electron chi connectivity index (χ2n) is 6.06. The predicted molar refractivity (Wildman–Crippen MR) is 94.8 cm³/mol. The lowest BCUT2D eigenvalue weighted by atomic mass is 10.2. The van der Waals surface area contributed by atoms with Crippen LogP contribution in [0.15, 0.2) is 30.5 Å². The molecule has 1 heterocycles. The van der Waals surface area contributed by atoms with E-state index in [1.165, 1.54) is 12.8 Å². The number of nitrogens with zero attached hydrogens (tertiary/aromatic N) is 2. The van der Waals surface area contributed by atoms with Gasteiger partial charge in [-0.15, -0.1) is 0 Å². The highest BCUT2D eigenvalue weighted by Crippen LogP contribution is 2.40. The van der Waals surface area contributed by atoms with Gasteiger partial charge in [-0.05, 0) is 50.8 Å². The number of hydrogen-bond donors (Lipinski definition) is 1. The van der Waals surface area contributed by atoms with Gasteiger partial charge in [-0.2, -0.15) is 5.10 Å². The van der Waals surface area contributed by atoms with Crippen LogP contribution in [0.1, 0.15) is 32.7 Å². The Morgan fingerprint density at radius 1 is 1.33 bits per heavy atom. The number of benzene rings is 1. The average molecular weight is 368 g/mol. The Hall–Kier alpha value is -1.72. The van der Waals surface area contributed by atoms with E-state index in [1.807, 2.05) is 4.68 Å². The SMILES string of the molecule is CC(Oc1ccc(Cl)cc1Cl)C(=O)Nc1ccnn1C(C)C1CC1. The van der Waals surface area contributed by atoms with E-state index in [1.54, 1.807) is 37.4 Å². The van der Waals surface area contributed by atoms with Crippen molar-refractivity contribution in [3.63, 3.8) is 0 Å². The van der Waals surface area contributed by atoms with Gasteiger partial charge in [0.05, 0.1) is 17.3 Å². The van der Waals surface area contributed by atoms with Crippen LogP contribution in [0.5, 0.6) is 5.75 Å². The molecule has 7 heteroatoms. The Balaban J connectivity index is 1.65. The molecule has 0 spiro atoms. The molecule has 1 fully saturated rings. The topological polar surface area (TPSA) is 56.1 Å². The maximum absolute atomic E-state index is 12.4. The molecule has 5 nitrogen and oxygen atoms in total. The Morgan fingerprint density at radius 3 is 2.75 bits per heavy atom. The molecule has 1 aromatic carbocycles. The summed E-state index contributed by atoms with van der Waals surface area (Å²) in [6.07, 6.45) is 3.41. The first-order valence-electron chi connectivity index (χ1n) is 7.92. The monoisotopic (exact) mass is 367 g/mol. The first-order valence-corrected chi connectivity index (χ1v) is 8.67. The summed E-state index contributed by atoms with van der Waals surface area (Å²) >= 11 is 11.9. The van der Waals surface area contributed by atoms with Gasteiger partial charge in [0, 0.05) is 11.1 Å². The van der Waals surface area contributed by atoms with Crippen molar-refractivity contribution >= 4 is 34.9 Å². The van der Waals surface area contributed by atoms with Crippen LogP contribution in [0, 0.1) is 5.92 Å². The molecule has 0 aliphatic heterocycles. The average Bonchev–Trinajstić information content (AvgIpc) is 3.29. The van der Waals surface area contributed by atoms with E-state index >= 15 is 0 Å². The highest BCUT2D eigenvalue weighted by Gasteiger charge is 2.31. The van der Waals surface area contributed by atoms with Gasteiger partial charge in [0.2, 0.25) is 0 Å². The number of carbonyl (C=O) groups is 1. The minimum absolute atomic E-state index is 0.259. The second-order valence-corrected chi connectivity index (χ2v) is 6.91. The van der Waals surface area contributed by atoms with Crippen LogP contribution in [0.4, 0.5) is 5.82 Å². The van der Waals surface area contributed by atoms with E-state index in [0.717, 1.165) is 0 Å². The van der Waals surface area contributed by atoms with E-state index in [2.05, 4.69) is 17.3 Å². The fraction of sp³-hybridized carbons (Fsp3) is 0.412.